The molecule has 1 saturated carbocycles. The third kappa shape index (κ3) is 10.4. The number of nitrogens with zero attached hydrogens (tertiary/aromatic N) is 3. The third-order valence-electron chi connectivity index (χ3n) is 10.3. The molecule has 52 heavy (non-hydrogen) atoms. The summed E-state index contributed by atoms with van der Waals surface area (Å²) in [6.07, 6.45) is 4.43. The molecular weight excluding hydrogens is 656 g/mol. The topological polar surface area (TPSA) is 189 Å². The molecule has 12 heteroatoms. The van der Waals surface area contributed by atoms with Crippen molar-refractivity contribution in [1.29, 1.82) is 0 Å². The maximum absolute atomic E-state index is 13.9. The molecule has 4 amide bonds. The van der Waals surface area contributed by atoms with Gasteiger partial charge in [-0.15, -0.1) is 0 Å². The summed E-state index contributed by atoms with van der Waals surface area (Å²) in [6, 6.07) is 27.7. The van der Waals surface area contributed by atoms with E-state index in [1.165, 1.54) is 11.1 Å². The zero-order valence-corrected chi connectivity index (χ0v) is 29.8. The van der Waals surface area contributed by atoms with E-state index in [2.05, 4.69) is 69.1 Å². The van der Waals surface area contributed by atoms with Crippen molar-refractivity contribution in [2.24, 2.45) is 27.6 Å². The van der Waals surface area contributed by atoms with Gasteiger partial charge in [0.15, 0.2) is 5.96 Å². The molecule has 1 aliphatic carbocycles. The minimum atomic E-state index is -1.07. The number of hydrogen-bond donors (Lipinski definition) is 5. The monoisotopic (exact) mass is 708 g/mol. The van der Waals surface area contributed by atoms with Gasteiger partial charge in [0, 0.05) is 45.6 Å². The van der Waals surface area contributed by atoms with E-state index in [0.717, 1.165) is 38.8 Å². The Morgan fingerprint density at radius 2 is 1.25 bits per heavy atom. The number of aliphatic imine (C=N–C) groups is 1. The summed E-state index contributed by atoms with van der Waals surface area (Å²) >= 11 is 0. The van der Waals surface area contributed by atoms with Crippen LogP contribution in [0.3, 0.4) is 0 Å². The number of amides is 4. The Hall–Kier alpha value is -5.23. The third-order valence-corrected chi connectivity index (χ3v) is 10.3. The molecule has 2 fully saturated rings. The van der Waals surface area contributed by atoms with E-state index in [-0.39, 0.29) is 49.6 Å². The minimum Gasteiger partial charge on any atom is -0.370 e. The highest BCUT2D eigenvalue weighted by molar-refractivity contribution is 5.92. The normalized spacial score (nSPS) is 16.8. The Labute approximate surface area is 306 Å². The highest BCUT2D eigenvalue weighted by Gasteiger charge is 2.40. The number of hydrogen-bond acceptors (Lipinski definition) is 6. The van der Waals surface area contributed by atoms with Gasteiger partial charge in [0.1, 0.15) is 12.1 Å². The molecule has 3 aromatic carbocycles. The van der Waals surface area contributed by atoms with Crippen molar-refractivity contribution in [3.05, 3.63) is 108 Å². The lowest BCUT2D eigenvalue weighted by Crippen LogP contribution is -2.51. The molecule has 0 bridgehead atoms. The van der Waals surface area contributed by atoms with Gasteiger partial charge in [0.05, 0.1) is 6.04 Å². The number of carbonyl (C=O) groups is 4. The number of carbonyl (C=O) groups excluding carboxylic acids is 4. The smallest absolute Gasteiger partial charge is 0.244 e. The molecule has 8 N–H and O–H groups in total. The Morgan fingerprint density at radius 1 is 0.712 bits per heavy atom. The molecule has 1 saturated heterocycles. The Bertz CT molecular complexity index is 1610. The summed E-state index contributed by atoms with van der Waals surface area (Å²) in [4.78, 5) is 61.9. The van der Waals surface area contributed by atoms with E-state index in [4.69, 9.17) is 17.2 Å². The van der Waals surface area contributed by atoms with E-state index in [0.29, 0.717) is 25.1 Å². The van der Waals surface area contributed by atoms with Crippen molar-refractivity contribution in [3.8, 4) is 0 Å². The molecule has 0 spiro atoms. The molecule has 2 aliphatic rings. The first-order chi connectivity index (χ1) is 25.1. The second-order valence-electron chi connectivity index (χ2n) is 14.0. The number of nitrogens with two attached hydrogens (primary N) is 3. The van der Waals surface area contributed by atoms with Gasteiger partial charge in [0.2, 0.25) is 23.6 Å². The first kappa shape index (κ1) is 38.0. The van der Waals surface area contributed by atoms with Gasteiger partial charge in [-0.1, -0.05) is 104 Å². The molecule has 5 rings (SSSR count). The summed E-state index contributed by atoms with van der Waals surface area (Å²) in [5.74, 6) is -1.58. The summed E-state index contributed by atoms with van der Waals surface area (Å²) in [5, 5.41) is 5.63. The van der Waals surface area contributed by atoms with Crippen LogP contribution in [0.2, 0.25) is 0 Å². The van der Waals surface area contributed by atoms with Crippen molar-refractivity contribution in [3.63, 3.8) is 0 Å². The molecule has 12 nitrogen and oxygen atoms in total. The average molecular weight is 709 g/mol. The highest BCUT2D eigenvalue weighted by Crippen LogP contribution is 2.44. The van der Waals surface area contributed by atoms with Crippen LogP contribution in [-0.2, 0) is 19.2 Å². The van der Waals surface area contributed by atoms with Gasteiger partial charge in [-0.05, 0) is 47.8 Å². The molecule has 1 aliphatic heterocycles. The highest BCUT2D eigenvalue weighted by atomic mass is 16.2. The molecule has 2 unspecified atom stereocenters. The summed E-state index contributed by atoms with van der Waals surface area (Å²) in [5.41, 5.74) is 19.1. The molecular formula is C40H52N8O4. The Balaban J connectivity index is 1.22. The lowest BCUT2D eigenvalue weighted by atomic mass is 9.78. The Morgan fingerprint density at radius 3 is 1.77 bits per heavy atom. The molecule has 1 heterocycles. The fourth-order valence-corrected chi connectivity index (χ4v) is 7.65. The lowest BCUT2D eigenvalue weighted by Gasteiger charge is -2.41. The number of piperazine rings is 1. The van der Waals surface area contributed by atoms with Gasteiger partial charge < -0.3 is 32.7 Å². The van der Waals surface area contributed by atoms with Crippen molar-refractivity contribution in [2.45, 2.75) is 69.5 Å². The quantitative estimate of drug-likeness (QED) is 0.0858. The maximum Gasteiger partial charge on any atom is 0.244 e. The van der Waals surface area contributed by atoms with Crippen LogP contribution in [0.25, 0.3) is 0 Å². The first-order valence-electron chi connectivity index (χ1n) is 18.3. The van der Waals surface area contributed by atoms with E-state index < -0.39 is 29.3 Å². The van der Waals surface area contributed by atoms with Crippen molar-refractivity contribution in [1.82, 2.24) is 20.4 Å². The zero-order valence-electron chi connectivity index (χ0n) is 29.8. The fraction of sp³-hybridized carbons (Fsp3) is 0.425. The summed E-state index contributed by atoms with van der Waals surface area (Å²) < 4.78 is 0. The van der Waals surface area contributed by atoms with Crippen molar-refractivity contribution >= 4 is 29.6 Å². The van der Waals surface area contributed by atoms with Crippen LogP contribution in [0.15, 0.2) is 96.0 Å². The van der Waals surface area contributed by atoms with Gasteiger partial charge in [-0.2, -0.15) is 0 Å². The van der Waals surface area contributed by atoms with E-state index in [1.807, 2.05) is 17.0 Å². The molecule has 0 aromatic heterocycles. The molecule has 2 atom stereocenters. The number of rotatable bonds is 16. The number of benzene rings is 3. The summed E-state index contributed by atoms with van der Waals surface area (Å²) in [6.45, 7) is 2.96. The van der Waals surface area contributed by atoms with Gasteiger partial charge in [-0.3, -0.25) is 29.1 Å². The van der Waals surface area contributed by atoms with Crippen LogP contribution in [-0.4, -0.2) is 78.2 Å². The largest absolute Gasteiger partial charge is 0.370 e. The van der Waals surface area contributed by atoms with Crippen LogP contribution in [0.1, 0.15) is 80.1 Å². The van der Waals surface area contributed by atoms with Crippen LogP contribution in [0.5, 0.6) is 0 Å². The van der Waals surface area contributed by atoms with E-state index >= 15 is 0 Å². The van der Waals surface area contributed by atoms with Gasteiger partial charge in [0.25, 0.3) is 0 Å². The lowest BCUT2D eigenvalue weighted by molar-refractivity contribution is -0.137. The first-order valence-corrected chi connectivity index (χ1v) is 18.3. The molecule has 3 aromatic rings. The number of primary amides is 1. The molecule has 0 radical (unpaired) electrons. The predicted octanol–water partition coefficient (Wildman–Crippen LogP) is 3.14. The van der Waals surface area contributed by atoms with E-state index in [9.17, 15) is 19.2 Å². The van der Waals surface area contributed by atoms with E-state index in [1.54, 1.807) is 30.3 Å². The maximum atomic E-state index is 13.9. The predicted molar refractivity (Wildman–Crippen MR) is 201 cm³/mol. The van der Waals surface area contributed by atoms with Gasteiger partial charge >= 0.3 is 0 Å². The van der Waals surface area contributed by atoms with Crippen LogP contribution < -0.4 is 27.8 Å². The number of nitrogens with one attached hydrogen (secondary N) is 2. The van der Waals surface area contributed by atoms with Crippen molar-refractivity contribution < 1.29 is 19.2 Å². The number of guanidine groups is 1. The van der Waals surface area contributed by atoms with Crippen LogP contribution in [0, 0.1) is 5.41 Å². The summed E-state index contributed by atoms with van der Waals surface area (Å²) in [7, 11) is 0. The van der Waals surface area contributed by atoms with Crippen LogP contribution in [0.4, 0.5) is 0 Å². The standard InChI is InChI=1S/C40H52N8O4/c41-37(51)35(29-13-4-1-5-14-29)46-38(52)32(19-12-22-44-39(42)43)45-33(49)27-40(20-10-11-21-40)28-34(50)47-23-25-48(26-24-47)36(30-15-6-2-7-16-30)31-17-8-3-9-18-31/h1-9,13-18,32,35-36H,10-12,19-28H2,(H2,41,51)(H,45,49)(H,46,52)(H4,42,43,44). The SMILES string of the molecule is NC(=O)C(NC(=O)C(CCCN=C(N)N)NC(=O)CC1(CC(=O)N2CCN(C(c3ccccc3)c3ccccc3)CC2)CCCC1)c1ccccc1. The van der Waals surface area contributed by atoms with Crippen molar-refractivity contribution in [2.75, 3.05) is 32.7 Å². The second-order valence-corrected chi connectivity index (χ2v) is 14.0. The molecule has 276 valence electrons. The second kappa shape index (κ2) is 18.3. The Kier molecular flexibility index (Phi) is 13.4. The zero-order chi connectivity index (χ0) is 36.9. The average Bonchev–Trinajstić information content (AvgIpc) is 3.60. The fourth-order valence-electron chi connectivity index (χ4n) is 7.65. The minimum absolute atomic E-state index is 0.0593. The van der Waals surface area contributed by atoms with Crippen LogP contribution >= 0.6 is 0 Å². The van der Waals surface area contributed by atoms with Gasteiger partial charge in [-0.25, -0.2) is 0 Å².